The zero-order valence-electron chi connectivity index (χ0n) is 18.1. The van der Waals surface area contributed by atoms with E-state index in [1.54, 1.807) is 32.4 Å². The molecule has 0 spiro atoms. The van der Waals surface area contributed by atoms with Crippen molar-refractivity contribution < 1.29 is 19.0 Å². The third kappa shape index (κ3) is 4.67. The monoisotopic (exact) mass is 431 g/mol. The van der Waals surface area contributed by atoms with Gasteiger partial charge in [0.25, 0.3) is 5.91 Å². The number of amides is 1. The predicted molar refractivity (Wildman–Crippen MR) is 122 cm³/mol. The molecule has 164 valence electrons. The van der Waals surface area contributed by atoms with E-state index in [1.807, 2.05) is 54.6 Å². The van der Waals surface area contributed by atoms with Crippen LogP contribution in [0.3, 0.4) is 0 Å². The molecule has 0 saturated carbocycles. The van der Waals surface area contributed by atoms with Gasteiger partial charge in [-0.3, -0.25) is 4.79 Å². The Labute approximate surface area is 186 Å². The highest BCUT2D eigenvalue weighted by atomic mass is 16.5. The Morgan fingerprint density at radius 3 is 2.47 bits per heavy atom. The second-order valence-electron chi connectivity index (χ2n) is 7.08. The van der Waals surface area contributed by atoms with E-state index in [2.05, 4.69) is 9.88 Å². The van der Waals surface area contributed by atoms with Crippen LogP contribution in [0.1, 0.15) is 16.2 Å². The lowest BCUT2D eigenvalue weighted by atomic mass is 10.2. The van der Waals surface area contributed by atoms with Crippen molar-refractivity contribution in [2.75, 3.05) is 20.8 Å². The van der Waals surface area contributed by atoms with Crippen LogP contribution in [0.25, 0.3) is 11.0 Å². The maximum absolute atomic E-state index is 12.7. The van der Waals surface area contributed by atoms with E-state index in [0.29, 0.717) is 30.2 Å². The van der Waals surface area contributed by atoms with Crippen LogP contribution in [0.4, 0.5) is 0 Å². The summed E-state index contributed by atoms with van der Waals surface area (Å²) < 4.78 is 18.5. The van der Waals surface area contributed by atoms with E-state index in [1.165, 1.54) is 0 Å². The summed E-state index contributed by atoms with van der Waals surface area (Å²) in [5.74, 6) is 2.44. The van der Waals surface area contributed by atoms with Crippen molar-refractivity contribution in [3.05, 3.63) is 84.2 Å². The van der Waals surface area contributed by atoms with Gasteiger partial charge < -0.3 is 24.1 Å². The summed E-state index contributed by atoms with van der Waals surface area (Å²) in [5, 5.41) is 2.95. The Hall–Kier alpha value is -4.00. The van der Waals surface area contributed by atoms with Gasteiger partial charge in [0.1, 0.15) is 18.2 Å². The summed E-state index contributed by atoms with van der Waals surface area (Å²) in [6, 6.07) is 22.7. The summed E-state index contributed by atoms with van der Waals surface area (Å²) in [6.07, 6.45) is 0. The van der Waals surface area contributed by atoms with Crippen LogP contribution in [-0.2, 0) is 13.1 Å². The molecule has 7 nitrogen and oxygen atoms in total. The van der Waals surface area contributed by atoms with Crippen LogP contribution in [0, 0.1) is 0 Å². The fourth-order valence-corrected chi connectivity index (χ4v) is 3.52. The smallest absolute Gasteiger partial charge is 0.251 e. The topological polar surface area (TPSA) is 74.6 Å². The number of methoxy groups -OCH3 is 2. The number of hydrogen-bond donors (Lipinski definition) is 1. The predicted octanol–water partition coefficient (Wildman–Crippen LogP) is 4.06. The average molecular weight is 431 g/mol. The van der Waals surface area contributed by atoms with Gasteiger partial charge in [0, 0.05) is 5.56 Å². The zero-order chi connectivity index (χ0) is 22.3. The standard InChI is InChI=1S/C25H25N3O4/c1-30-22-13-12-18(16-23(22)31-2)25(29)26-17-24-27-20-10-6-7-11-21(20)28(24)14-15-32-19-8-4-3-5-9-19/h3-13,16H,14-15,17H2,1-2H3,(H,26,29). The van der Waals surface area contributed by atoms with Gasteiger partial charge in [0.2, 0.25) is 0 Å². The summed E-state index contributed by atoms with van der Waals surface area (Å²) in [6.45, 7) is 1.38. The van der Waals surface area contributed by atoms with Crippen molar-refractivity contribution in [1.82, 2.24) is 14.9 Å². The first kappa shape index (κ1) is 21.2. The van der Waals surface area contributed by atoms with Crippen LogP contribution in [0.2, 0.25) is 0 Å². The molecule has 0 aliphatic heterocycles. The number of carbonyl (C=O) groups is 1. The molecule has 0 saturated heterocycles. The number of imidazole rings is 1. The number of nitrogens with one attached hydrogen (secondary N) is 1. The lowest BCUT2D eigenvalue weighted by Crippen LogP contribution is -2.25. The highest BCUT2D eigenvalue weighted by molar-refractivity contribution is 5.94. The van der Waals surface area contributed by atoms with Crippen molar-refractivity contribution in [3.63, 3.8) is 0 Å². The first-order chi connectivity index (χ1) is 15.7. The molecule has 4 aromatic rings. The highest BCUT2D eigenvalue weighted by Gasteiger charge is 2.14. The molecule has 7 heteroatoms. The molecule has 0 unspecified atom stereocenters. The summed E-state index contributed by atoms with van der Waals surface area (Å²) in [7, 11) is 3.10. The van der Waals surface area contributed by atoms with Gasteiger partial charge in [-0.15, -0.1) is 0 Å². The fourth-order valence-electron chi connectivity index (χ4n) is 3.52. The number of rotatable bonds is 9. The van der Waals surface area contributed by atoms with E-state index >= 15 is 0 Å². The largest absolute Gasteiger partial charge is 0.493 e. The van der Waals surface area contributed by atoms with E-state index in [-0.39, 0.29) is 12.5 Å². The highest BCUT2D eigenvalue weighted by Crippen LogP contribution is 2.27. The minimum atomic E-state index is -0.218. The minimum absolute atomic E-state index is 0.218. The van der Waals surface area contributed by atoms with Crippen LogP contribution in [-0.4, -0.2) is 36.3 Å². The molecule has 0 atom stereocenters. The summed E-state index contributed by atoms with van der Waals surface area (Å²) in [4.78, 5) is 17.5. The third-order valence-corrected chi connectivity index (χ3v) is 5.11. The first-order valence-electron chi connectivity index (χ1n) is 10.3. The number of benzene rings is 3. The molecular weight excluding hydrogens is 406 g/mol. The molecule has 0 aliphatic rings. The van der Waals surface area contributed by atoms with E-state index < -0.39 is 0 Å². The van der Waals surface area contributed by atoms with Gasteiger partial charge in [-0.25, -0.2) is 4.98 Å². The lowest BCUT2D eigenvalue weighted by molar-refractivity contribution is 0.0949. The number of aromatic nitrogens is 2. The third-order valence-electron chi connectivity index (χ3n) is 5.11. The van der Waals surface area contributed by atoms with Crippen molar-refractivity contribution in [1.29, 1.82) is 0 Å². The minimum Gasteiger partial charge on any atom is -0.493 e. The van der Waals surface area contributed by atoms with Crippen LogP contribution < -0.4 is 19.5 Å². The summed E-state index contributed by atoms with van der Waals surface area (Å²) >= 11 is 0. The molecule has 0 fully saturated rings. The maximum atomic E-state index is 12.7. The molecule has 3 aromatic carbocycles. The van der Waals surface area contributed by atoms with Crippen molar-refractivity contribution in [2.45, 2.75) is 13.1 Å². The molecule has 32 heavy (non-hydrogen) atoms. The Kier molecular flexibility index (Phi) is 6.55. The molecule has 1 N–H and O–H groups in total. The number of hydrogen-bond acceptors (Lipinski definition) is 5. The lowest BCUT2D eigenvalue weighted by Gasteiger charge is -2.12. The molecule has 4 rings (SSSR count). The zero-order valence-corrected chi connectivity index (χ0v) is 18.1. The van der Waals surface area contributed by atoms with E-state index in [0.717, 1.165) is 22.6 Å². The van der Waals surface area contributed by atoms with E-state index in [9.17, 15) is 4.79 Å². The van der Waals surface area contributed by atoms with Gasteiger partial charge in [0.15, 0.2) is 11.5 Å². The van der Waals surface area contributed by atoms with Gasteiger partial charge in [0.05, 0.1) is 38.3 Å². The molecule has 0 radical (unpaired) electrons. The van der Waals surface area contributed by atoms with Crippen molar-refractivity contribution in [3.8, 4) is 17.2 Å². The number of ether oxygens (including phenoxy) is 3. The van der Waals surface area contributed by atoms with Gasteiger partial charge >= 0.3 is 0 Å². The molecule has 0 bridgehead atoms. The fraction of sp³-hybridized carbons (Fsp3) is 0.200. The SMILES string of the molecule is COc1ccc(C(=O)NCc2nc3ccccc3n2CCOc2ccccc2)cc1OC. The van der Waals surface area contributed by atoms with Gasteiger partial charge in [-0.2, -0.15) is 0 Å². The van der Waals surface area contributed by atoms with Crippen LogP contribution >= 0.6 is 0 Å². The number of para-hydroxylation sites is 3. The Bertz CT molecular complexity index is 1200. The Balaban J connectivity index is 1.48. The second-order valence-corrected chi connectivity index (χ2v) is 7.08. The number of nitrogens with zero attached hydrogens (tertiary/aromatic N) is 2. The van der Waals surface area contributed by atoms with Crippen LogP contribution in [0.5, 0.6) is 17.2 Å². The Morgan fingerprint density at radius 2 is 1.69 bits per heavy atom. The average Bonchev–Trinajstić information content (AvgIpc) is 3.20. The Morgan fingerprint density at radius 1 is 0.938 bits per heavy atom. The quantitative estimate of drug-likeness (QED) is 0.433. The molecule has 1 heterocycles. The van der Waals surface area contributed by atoms with Gasteiger partial charge in [-0.1, -0.05) is 30.3 Å². The van der Waals surface area contributed by atoms with Gasteiger partial charge in [-0.05, 0) is 42.5 Å². The van der Waals surface area contributed by atoms with Crippen molar-refractivity contribution in [2.24, 2.45) is 0 Å². The normalized spacial score (nSPS) is 10.7. The molecule has 1 aromatic heterocycles. The molecule has 1 amide bonds. The van der Waals surface area contributed by atoms with Crippen molar-refractivity contribution >= 4 is 16.9 Å². The second kappa shape index (κ2) is 9.87. The molecule has 0 aliphatic carbocycles. The molecular formula is C25H25N3O4. The first-order valence-corrected chi connectivity index (χ1v) is 10.3. The van der Waals surface area contributed by atoms with E-state index in [4.69, 9.17) is 19.2 Å². The van der Waals surface area contributed by atoms with Crippen LogP contribution in [0.15, 0.2) is 72.8 Å². The maximum Gasteiger partial charge on any atom is 0.251 e. The number of carbonyl (C=O) groups excluding carboxylic acids is 1. The number of fused-ring (bicyclic) bond motifs is 1. The summed E-state index contributed by atoms with van der Waals surface area (Å²) in [5.41, 5.74) is 2.36.